The van der Waals surface area contributed by atoms with Crippen molar-refractivity contribution in [3.63, 3.8) is 0 Å². The highest BCUT2D eigenvalue weighted by Gasteiger charge is 2.19. The van der Waals surface area contributed by atoms with Crippen LogP contribution in [0.3, 0.4) is 0 Å². The van der Waals surface area contributed by atoms with Crippen molar-refractivity contribution in [1.29, 1.82) is 0 Å². The van der Waals surface area contributed by atoms with Crippen molar-refractivity contribution in [1.82, 2.24) is 0 Å². The lowest BCUT2D eigenvalue weighted by Gasteiger charge is -2.18. The number of hydrogen-bond acceptors (Lipinski definition) is 6. The maximum Gasteiger partial charge on any atom is 0.306 e. The molecule has 0 aromatic heterocycles. The second-order valence-corrected chi connectivity index (χ2v) is 16.4. The maximum absolute atomic E-state index is 12.7. The first-order valence-corrected chi connectivity index (χ1v) is 24.5. The summed E-state index contributed by atoms with van der Waals surface area (Å²) >= 11 is 0. The van der Waals surface area contributed by atoms with E-state index in [9.17, 15) is 14.4 Å². The largest absolute Gasteiger partial charge is 0.462 e. The van der Waals surface area contributed by atoms with Crippen LogP contribution in [-0.2, 0) is 28.6 Å². The van der Waals surface area contributed by atoms with Gasteiger partial charge in [0, 0.05) is 19.3 Å². The lowest BCUT2D eigenvalue weighted by Crippen LogP contribution is -2.30. The van der Waals surface area contributed by atoms with Gasteiger partial charge in [-0.3, -0.25) is 14.4 Å². The van der Waals surface area contributed by atoms with Gasteiger partial charge in [0.15, 0.2) is 6.10 Å². The molecule has 0 aliphatic heterocycles. The number of hydrogen-bond donors (Lipinski definition) is 0. The fourth-order valence-electron chi connectivity index (χ4n) is 6.90. The van der Waals surface area contributed by atoms with Crippen LogP contribution in [0.25, 0.3) is 0 Å². The predicted molar refractivity (Wildman–Crippen MR) is 242 cm³/mol. The van der Waals surface area contributed by atoms with Gasteiger partial charge in [0.1, 0.15) is 13.2 Å². The van der Waals surface area contributed by atoms with Gasteiger partial charge < -0.3 is 14.2 Å². The van der Waals surface area contributed by atoms with Gasteiger partial charge in [-0.1, -0.05) is 205 Å². The highest BCUT2D eigenvalue weighted by atomic mass is 16.6. The molecule has 0 heterocycles. The topological polar surface area (TPSA) is 78.9 Å². The summed E-state index contributed by atoms with van der Waals surface area (Å²) in [6.45, 7) is 6.56. The van der Waals surface area contributed by atoms with Crippen molar-refractivity contribution in [2.24, 2.45) is 0 Å². The van der Waals surface area contributed by atoms with Crippen LogP contribution >= 0.6 is 0 Å². The highest BCUT2D eigenvalue weighted by molar-refractivity contribution is 5.71. The van der Waals surface area contributed by atoms with Crippen LogP contribution in [0.1, 0.15) is 252 Å². The minimum Gasteiger partial charge on any atom is -0.462 e. The van der Waals surface area contributed by atoms with Gasteiger partial charge >= 0.3 is 17.9 Å². The first kappa shape index (κ1) is 54.6. The first-order valence-electron chi connectivity index (χ1n) is 24.5. The fourth-order valence-corrected chi connectivity index (χ4v) is 6.90. The summed E-state index contributed by atoms with van der Waals surface area (Å²) in [5.74, 6) is -0.974. The minimum atomic E-state index is -0.797. The second kappa shape index (κ2) is 46.3. The van der Waals surface area contributed by atoms with Crippen molar-refractivity contribution < 1.29 is 28.6 Å². The van der Waals surface area contributed by atoms with Crippen LogP contribution in [0.5, 0.6) is 0 Å². The van der Waals surface area contributed by atoms with E-state index in [0.717, 1.165) is 64.2 Å². The molecule has 0 bridgehead atoms. The zero-order valence-electron chi connectivity index (χ0n) is 37.9. The Bertz CT molecular complexity index is 969. The van der Waals surface area contributed by atoms with Gasteiger partial charge in [-0.25, -0.2) is 0 Å². The van der Waals surface area contributed by atoms with Gasteiger partial charge in [-0.2, -0.15) is 0 Å². The van der Waals surface area contributed by atoms with E-state index in [-0.39, 0.29) is 37.5 Å². The smallest absolute Gasteiger partial charge is 0.306 e. The molecule has 0 radical (unpaired) electrons. The minimum absolute atomic E-state index is 0.0926. The highest BCUT2D eigenvalue weighted by Crippen LogP contribution is 2.14. The summed E-state index contributed by atoms with van der Waals surface area (Å²) in [7, 11) is 0. The third-order valence-corrected chi connectivity index (χ3v) is 10.6. The van der Waals surface area contributed by atoms with Crippen molar-refractivity contribution in [2.75, 3.05) is 13.2 Å². The average Bonchev–Trinajstić information content (AvgIpc) is 3.21. The molecular weight excluding hydrogens is 709 g/mol. The van der Waals surface area contributed by atoms with Crippen LogP contribution < -0.4 is 0 Å². The van der Waals surface area contributed by atoms with E-state index in [1.165, 1.54) is 141 Å². The Morgan fingerprint density at radius 2 is 0.667 bits per heavy atom. The standard InChI is InChI=1S/C51H92O6/c1-4-7-10-13-16-19-22-25-28-31-34-37-40-43-49(52)55-46-48(57-51(54)45-42-39-36-33-30-27-24-21-18-15-12-9-6-3)47-56-50(53)44-41-38-35-32-29-26-23-20-17-14-11-8-5-2/h25,27-28,30,34,37,48H,4-24,26,29,31-33,35-36,38-47H2,1-3H3/b28-25+,30-27+,37-34+. The number of carbonyl (C=O) groups excluding carboxylic acids is 3. The van der Waals surface area contributed by atoms with E-state index >= 15 is 0 Å². The second-order valence-electron chi connectivity index (χ2n) is 16.4. The number of unbranched alkanes of at least 4 members (excludes halogenated alkanes) is 27. The fraction of sp³-hybridized carbons (Fsp3) is 0.824. The molecule has 1 unspecified atom stereocenters. The Kier molecular flexibility index (Phi) is 44.4. The molecule has 0 rings (SSSR count). The molecule has 332 valence electrons. The van der Waals surface area contributed by atoms with Crippen LogP contribution in [0.2, 0.25) is 0 Å². The maximum atomic E-state index is 12.7. The number of ether oxygens (including phenoxy) is 3. The number of carbonyl (C=O) groups is 3. The molecule has 0 fully saturated rings. The summed E-state index contributed by atoms with van der Waals surface area (Å²) in [6.07, 6.45) is 52.8. The van der Waals surface area contributed by atoms with Crippen LogP contribution in [0.15, 0.2) is 36.5 Å². The van der Waals surface area contributed by atoms with E-state index in [1.54, 1.807) is 0 Å². The first-order chi connectivity index (χ1) is 28.0. The molecule has 57 heavy (non-hydrogen) atoms. The molecule has 0 aliphatic rings. The van der Waals surface area contributed by atoms with Gasteiger partial charge in [0.05, 0.1) is 0 Å². The molecule has 6 nitrogen and oxygen atoms in total. The molecule has 0 aromatic carbocycles. The van der Waals surface area contributed by atoms with Gasteiger partial charge in [0.2, 0.25) is 0 Å². The number of esters is 3. The van der Waals surface area contributed by atoms with Crippen LogP contribution in [-0.4, -0.2) is 37.2 Å². The summed E-state index contributed by atoms with van der Waals surface area (Å²) in [5, 5.41) is 0. The van der Waals surface area contributed by atoms with Crippen molar-refractivity contribution in [3.8, 4) is 0 Å². The molecule has 0 amide bonds. The molecular formula is C51H92O6. The van der Waals surface area contributed by atoms with Crippen molar-refractivity contribution in [3.05, 3.63) is 36.5 Å². The van der Waals surface area contributed by atoms with Crippen molar-refractivity contribution in [2.45, 2.75) is 258 Å². The molecule has 0 aromatic rings. The molecule has 0 saturated heterocycles. The molecule has 0 N–H and O–H groups in total. The molecule has 0 saturated carbocycles. The Labute approximate surface area is 353 Å². The lowest BCUT2D eigenvalue weighted by molar-refractivity contribution is -0.166. The van der Waals surface area contributed by atoms with Crippen LogP contribution in [0.4, 0.5) is 0 Å². The Morgan fingerprint density at radius 3 is 1.11 bits per heavy atom. The average molecular weight is 801 g/mol. The third kappa shape index (κ3) is 44.6. The summed E-state index contributed by atoms with van der Waals surface area (Å²) in [4.78, 5) is 37.8. The van der Waals surface area contributed by atoms with E-state index in [0.29, 0.717) is 19.3 Å². The summed E-state index contributed by atoms with van der Waals surface area (Å²) in [6, 6.07) is 0. The van der Waals surface area contributed by atoms with Crippen LogP contribution in [0, 0.1) is 0 Å². The van der Waals surface area contributed by atoms with Gasteiger partial charge in [0.25, 0.3) is 0 Å². The van der Waals surface area contributed by atoms with E-state index in [2.05, 4.69) is 51.2 Å². The zero-order valence-corrected chi connectivity index (χ0v) is 37.9. The molecule has 6 heteroatoms. The zero-order chi connectivity index (χ0) is 41.5. The third-order valence-electron chi connectivity index (χ3n) is 10.6. The van der Waals surface area contributed by atoms with Gasteiger partial charge in [-0.05, 0) is 64.2 Å². The Balaban J connectivity index is 4.44. The van der Waals surface area contributed by atoms with E-state index in [1.807, 2.05) is 6.08 Å². The monoisotopic (exact) mass is 801 g/mol. The SMILES string of the molecule is CCCCCCCC/C=C/C/C=C/CCC(=O)OCC(COC(=O)CCCCCCCCCCCCCCC)OC(=O)CCCCC/C=C/CCCCCCCC. The van der Waals surface area contributed by atoms with E-state index in [4.69, 9.17) is 14.2 Å². The lowest BCUT2D eigenvalue weighted by atomic mass is 10.0. The van der Waals surface area contributed by atoms with Gasteiger partial charge in [-0.15, -0.1) is 0 Å². The van der Waals surface area contributed by atoms with Crippen molar-refractivity contribution >= 4 is 17.9 Å². The summed E-state index contributed by atoms with van der Waals surface area (Å²) < 4.78 is 16.7. The summed E-state index contributed by atoms with van der Waals surface area (Å²) in [5.41, 5.74) is 0. The Morgan fingerprint density at radius 1 is 0.351 bits per heavy atom. The molecule has 0 spiro atoms. The molecule has 1 atom stereocenters. The Hall–Kier alpha value is -2.37. The van der Waals surface area contributed by atoms with E-state index < -0.39 is 6.10 Å². The number of rotatable bonds is 44. The quantitative estimate of drug-likeness (QED) is 0.0264. The number of allylic oxidation sites excluding steroid dienone is 6. The normalized spacial score (nSPS) is 12.3. The molecule has 0 aliphatic carbocycles. The predicted octanol–water partition coefficient (Wildman–Crippen LogP) is 15.8.